The van der Waals surface area contributed by atoms with Crippen molar-refractivity contribution in [3.63, 3.8) is 0 Å². The molecule has 5 nitrogen and oxygen atoms in total. The maximum absolute atomic E-state index is 13.3. The molecule has 0 aliphatic heterocycles. The Morgan fingerprint density at radius 3 is 2.26 bits per heavy atom. The fourth-order valence-corrected chi connectivity index (χ4v) is 5.67. The number of carbonyl (C=O) groups excluding carboxylic acids is 1. The van der Waals surface area contributed by atoms with Gasteiger partial charge in [0.15, 0.2) is 0 Å². The number of hydrogen-bond donors (Lipinski definition) is 2. The third-order valence-corrected chi connectivity index (χ3v) is 7.95. The molecule has 2 fully saturated rings. The van der Waals surface area contributed by atoms with E-state index in [-0.39, 0.29) is 28.1 Å². The number of halogens is 1. The summed E-state index contributed by atoms with van der Waals surface area (Å²) in [6.07, 6.45) is 6.88. The smallest absolute Gasteiger partial charge is 0.240 e. The molecule has 2 aromatic carbocycles. The van der Waals surface area contributed by atoms with Crippen LogP contribution >= 0.6 is 0 Å². The molecule has 0 radical (unpaired) electrons. The zero-order valence-corrected chi connectivity index (χ0v) is 18.4. The van der Waals surface area contributed by atoms with Crippen molar-refractivity contribution in [3.05, 3.63) is 65.5 Å². The average molecular weight is 445 g/mol. The Balaban J connectivity index is 1.30. The molecule has 1 amide bonds. The highest BCUT2D eigenvalue weighted by molar-refractivity contribution is 7.89. The minimum absolute atomic E-state index is 0.0273. The molecule has 0 saturated heterocycles. The molecule has 0 bridgehead atoms. The molecule has 2 aliphatic rings. The Labute approximate surface area is 183 Å². The summed E-state index contributed by atoms with van der Waals surface area (Å²) >= 11 is 0. The number of benzene rings is 2. The summed E-state index contributed by atoms with van der Waals surface area (Å²) in [5.74, 6) is -0.274. The van der Waals surface area contributed by atoms with Gasteiger partial charge in [0, 0.05) is 24.4 Å². The third kappa shape index (κ3) is 5.52. The van der Waals surface area contributed by atoms with Crippen LogP contribution in [-0.4, -0.2) is 26.9 Å². The van der Waals surface area contributed by atoms with Crippen LogP contribution in [0.15, 0.2) is 53.4 Å². The topological polar surface area (TPSA) is 75.3 Å². The van der Waals surface area contributed by atoms with Crippen molar-refractivity contribution in [1.82, 2.24) is 10.0 Å². The van der Waals surface area contributed by atoms with Gasteiger partial charge >= 0.3 is 0 Å². The van der Waals surface area contributed by atoms with Crippen LogP contribution in [0.1, 0.15) is 56.1 Å². The minimum Gasteiger partial charge on any atom is -0.355 e. The molecule has 2 saturated carbocycles. The second kappa shape index (κ2) is 9.09. The molecule has 0 spiro atoms. The summed E-state index contributed by atoms with van der Waals surface area (Å²) < 4.78 is 40.5. The van der Waals surface area contributed by atoms with Crippen LogP contribution in [0.4, 0.5) is 4.39 Å². The Bertz CT molecular complexity index is 1010. The van der Waals surface area contributed by atoms with Gasteiger partial charge in [-0.2, -0.15) is 0 Å². The largest absolute Gasteiger partial charge is 0.355 e. The van der Waals surface area contributed by atoms with Gasteiger partial charge in [0.05, 0.1) is 4.90 Å². The summed E-state index contributed by atoms with van der Waals surface area (Å²) in [6.45, 7) is 0.557. The third-order valence-electron chi connectivity index (χ3n) is 6.41. The highest BCUT2D eigenvalue weighted by Crippen LogP contribution is 2.40. The predicted octanol–water partition coefficient (Wildman–Crippen LogP) is 3.83. The van der Waals surface area contributed by atoms with E-state index in [9.17, 15) is 17.6 Å². The van der Waals surface area contributed by atoms with E-state index in [4.69, 9.17) is 0 Å². The van der Waals surface area contributed by atoms with Gasteiger partial charge in [-0.25, -0.2) is 17.5 Å². The van der Waals surface area contributed by atoms with Crippen molar-refractivity contribution in [2.24, 2.45) is 0 Å². The number of sulfonamides is 1. The van der Waals surface area contributed by atoms with E-state index in [0.29, 0.717) is 19.4 Å². The quantitative estimate of drug-likeness (QED) is 0.617. The van der Waals surface area contributed by atoms with Gasteiger partial charge in [-0.15, -0.1) is 0 Å². The standard InChI is InChI=1S/C24H29FN2O3S/c25-20-8-6-19(7-9-20)24(15-1-2-16-24)17-26-23(28)14-5-18-3-12-22(13-4-18)31(29,30)27-21-10-11-21/h3-4,6-9,12-13,21,27H,1-2,5,10-11,14-17H2,(H,26,28). The summed E-state index contributed by atoms with van der Waals surface area (Å²) in [5.41, 5.74) is 1.89. The van der Waals surface area contributed by atoms with Crippen molar-refractivity contribution in [1.29, 1.82) is 0 Å². The Morgan fingerprint density at radius 1 is 1.00 bits per heavy atom. The minimum atomic E-state index is -3.45. The highest BCUT2D eigenvalue weighted by atomic mass is 32.2. The number of amides is 1. The van der Waals surface area contributed by atoms with Gasteiger partial charge in [0.25, 0.3) is 0 Å². The second-order valence-corrected chi connectivity index (χ2v) is 10.5. The number of rotatable bonds is 9. The lowest BCUT2D eigenvalue weighted by Gasteiger charge is -2.30. The van der Waals surface area contributed by atoms with Gasteiger partial charge in [-0.3, -0.25) is 4.79 Å². The van der Waals surface area contributed by atoms with Crippen molar-refractivity contribution in [2.75, 3.05) is 6.54 Å². The lowest BCUT2D eigenvalue weighted by atomic mass is 9.78. The number of nitrogens with one attached hydrogen (secondary N) is 2. The van der Waals surface area contributed by atoms with Crippen LogP contribution in [-0.2, 0) is 26.7 Å². The molecule has 0 atom stereocenters. The molecule has 4 rings (SSSR count). The van der Waals surface area contributed by atoms with E-state index in [2.05, 4.69) is 10.0 Å². The molecule has 31 heavy (non-hydrogen) atoms. The van der Waals surface area contributed by atoms with Gasteiger partial charge in [-0.1, -0.05) is 37.1 Å². The van der Waals surface area contributed by atoms with E-state index in [1.54, 1.807) is 24.3 Å². The second-order valence-electron chi connectivity index (χ2n) is 8.81. The van der Waals surface area contributed by atoms with Crippen LogP contribution in [0.2, 0.25) is 0 Å². The Hall–Kier alpha value is -2.25. The zero-order valence-electron chi connectivity index (χ0n) is 17.6. The van der Waals surface area contributed by atoms with Crippen molar-refractivity contribution in [2.45, 2.75) is 67.7 Å². The molecular weight excluding hydrogens is 415 g/mol. The SMILES string of the molecule is O=C(CCc1ccc(S(=O)(=O)NC2CC2)cc1)NCC1(c2ccc(F)cc2)CCCC1. The van der Waals surface area contributed by atoms with Crippen LogP contribution in [0.3, 0.4) is 0 Å². The summed E-state index contributed by atoms with van der Waals surface area (Å²) in [5, 5.41) is 3.07. The van der Waals surface area contributed by atoms with E-state index in [1.807, 2.05) is 12.1 Å². The number of carbonyl (C=O) groups is 1. The van der Waals surface area contributed by atoms with Gasteiger partial charge in [0.1, 0.15) is 5.82 Å². The van der Waals surface area contributed by atoms with Crippen LogP contribution in [0, 0.1) is 5.82 Å². The molecule has 2 N–H and O–H groups in total. The summed E-state index contributed by atoms with van der Waals surface area (Å²) in [7, 11) is -3.45. The molecule has 2 aliphatic carbocycles. The molecule has 2 aromatic rings. The monoisotopic (exact) mass is 444 g/mol. The number of hydrogen-bond acceptors (Lipinski definition) is 3. The maximum Gasteiger partial charge on any atom is 0.240 e. The first-order valence-corrected chi connectivity index (χ1v) is 12.5. The molecule has 0 unspecified atom stereocenters. The zero-order chi connectivity index (χ0) is 21.9. The lowest BCUT2D eigenvalue weighted by Crippen LogP contribution is -2.39. The molecule has 7 heteroatoms. The van der Waals surface area contributed by atoms with E-state index in [1.165, 1.54) is 12.1 Å². The fraction of sp³-hybridized carbons (Fsp3) is 0.458. The van der Waals surface area contributed by atoms with Crippen LogP contribution in [0.25, 0.3) is 0 Å². The number of aryl methyl sites for hydroxylation is 1. The van der Waals surface area contributed by atoms with Crippen LogP contribution < -0.4 is 10.0 Å². The molecule has 0 heterocycles. The van der Waals surface area contributed by atoms with Gasteiger partial charge in [-0.05, 0) is 67.5 Å². The van der Waals surface area contributed by atoms with Gasteiger partial charge < -0.3 is 5.32 Å². The van der Waals surface area contributed by atoms with Crippen molar-refractivity contribution < 1.29 is 17.6 Å². The molecule has 0 aromatic heterocycles. The predicted molar refractivity (Wildman–Crippen MR) is 118 cm³/mol. The molecular formula is C24H29FN2O3S. The lowest BCUT2D eigenvalue weighted by molar-refractivity contribution is -0.121. The first-order valence-electron chi connectivity index (χ1n) is 11.0. The van der Waals surface area contributed by atoms with Crippen LogP contribution in [0.5, 0.6) is 0 Å². The van der Waals surface area contributed by atoms with Crippen molar-refractivity contribution >= 4 is 15.9 Å². The average Bonchev–Trinajstić information content (AvgIpc) is 3.43. The van der Waals surface area contributed by atoms with E-state index < -0.39 is 10.0 Å². The normalized spacial score (nSPS) is 18.1. The maximum atomic E-state index is 13.3. The first kappa shape index (κ1) is 22.0. The van der Waals surface area contributed by atoms with Gasteiger partial charge in [0.2, 0.25) is 15.9 Å². The highest BCUT2D eigenvalue weighted by Gasteiger charge is 2.35. The summed E-state index contributed by atoms with van der Waals surface area (Å²) in [4.78, 5) is 12.7. The Kier molecular flexibility index (Phi) is 6.44. The fourth-order valence-electron chi connectivity index (χ4n) is 4.36. The van der Waals surface area contributed by atoms with E-state index >= 15 is 0 Å². The molecule has 166 valence electrons. The van der Waals surface area contributed by atoms with E-state index in [0.717, 1.165) is 49.7 Å². The first-order chi connectivity index (χ1) is 14.9. The Morgan fingerprint density at radius 2 is 1.65 bits per heavy atom. The van der Waals surface area contributed by atoms with Crippen molar-refractivity contribution in [3.8, 4) is 0 Å². The summed E-state index contributed by atoms with van der Waals surface area (Å²) in [6, 6.07) is 13.5.